The Balaban J connectivity index is 2.33. The molecular weight excluding hydrogens is 267 g/mol. The van der Waals surface area contributed by atoms with Gasteiger partial charge in [-0.05, 0) is 23.6 Å². The van der Waals surface area contributed by atoms with Crippen molar-refractivity contribution in [3.8, 4) is 0 Å². The first-order chi connectivity index (χ1) is 8.90. The normalized spacial score (nSPS) is 23.5. The van der Waals surface area contributed by atoms with Gasteiger partial charge in [-0.3, -0.25) is 4.79 Å². The fraction of sp³-hybridized carbons (Fsp3) is 0.500. The maximum absolute atomic E-state index is 13.2. The van der Waals surface area contributed by atoms with Crippen molar-refractivity contribution >= 4 is 17.5 Å². The van der Waals surface area contributed by atoms with E-state index in [0.29, 0.717) is 18.9 Å². The Morgan fingerprint density at radius 1 is 1.53 bits per heavy atom. The zero-order chi connectivity index (χ0) is 14.2. The first-order valence-electron chi connectivity index (χ1n) is 6.40. The third-order valence-corrected chi connectivity index (χ3v) is 3.61. The van der Waals surface area contributed by atoms with Crippen molar-refractivity contribution in [1.82, 2.24) is 4.90 Å². The molecule has 2 atom stereocenters. The highest BCUT2D eigenvalue weighted by molar-refractivity contribution is 6.30. The molecular formula is C14H18ClFN2O. The number of hydrogen-bond donors (Lipinski definition) is 1. The third-order valence-electron chi connectivity index (χ3n) is 3.32. The lowest BCUT2D eigenvalue weighted by molar-refractivity contribution is -0.129. The van der Waals surface area contributed by atoms with E-state index in [1.165, 1.54) is 6.07 Å². The summed E-state index contributed by atoms with van der Waals surface area (Å²) in [5.41, 5.74) is 6.85. The van der Waals surface area contributed by atoms with E-state index in [2.05, 4.69) is 0 Å². The summed E-state index contributed by atoms with van der Waals surface area (Å²) in [6.45, 7) is 4.74. The minimum absolute atomic E-state index is 0.0478. The lowest BCUT2D eigenvalue weighted by atomic mass is 10.00. The Hall–Kier alpha value is -1.13. The van der Waals surface area contributed by atoms with Gasteiger partial charge in [0.2, 0.25) is 5.91 Å². The summed E-state index contributed by atoms with van der Waals surface area (Å²) in [4.78, 5) is 13.8. The van der Waals surface area contributed by atoms with Gasteiger partial charge in [0.15, 0.2) is 0 Å². The number of likely N-dealkylation sites (tertiary alicyclic amines) is 1. The van der Waals surface area contributed by atoms with Crippen LogP contribution in [0.3, 0.4) is 0 Å². The molecule has 2 unspecified atom stereocenters. The molecule has 0 aromatic heterocycles. The van der Waals surface area contributed by atoms with Gasteiger partial charge in [-0.15, -0.1) is 0 Å². The first-order valence-corrected chi connectivity index (χ1v) is 6.78. The van der Waals surface area contributed by atoms with Gasteiger partial charge in [0, 0.05) is 19.0 Å². The second kappa shape index (κ2) is 5.47. The molecule has 2 N–H and O–H groups in total. The number of nitrogens with zero attached hydrogens (tertiary/aromatic N) is 1. The molecule has 19 heavy (non-hydrogen) atoms. The van der Waals surface area contributed by atoms with Crippen LogP contribution in [-0.4, -0.2) is 23.4 Å². The molecule has 1 saturated heterocycles. The smallest absolute Gasteiger partial charge is 0.224 e. The van der Waals surface area contributed by atoms with E-state index in [1.807, 2.05) is 13.8 Å². The van der Waals surface area contributed by atoms with Gasteiger partial charge < -0.3 is 10.6 Å². The second-order valence-corrected chi connectivity index (χ2v) is 5.83. The van der Waals surface area contributed by atoms with Crippen LogP contribution in [0.25, 0.3) is 0 Å². The predicted molar refractivity (Wildman–Crippen MR) is 73.3 cm³/mol. The third kappa shape index (κ3) is 2.90. The predicted octanol–water partition coefficient (Wildman–Crippen LogP) is 2.74. The lowest BCUT2D eigenvalue weighted by Crippen LogP contribution is -2.35. The number of nitrogens with two attached hydrogens (primary N) is 1. The summed E-state index contributed by atoms with van der Waals surface area (Å²) in [7, 11) is 0. The Morgan fingerprint density at radius 3 is 2.79 bits per heavy atom. The van der Waals surface area contributed by atoms with Crippen molar-refractivity contribution in [3.63, 3.8) is 0 Å². The van der Waals surface area contributed by atoms with Crippen LogP contribution in [0.5, 0.6) is 0 Å². The Morgan fingerprint density at radius 2 is 2.21 bits per heavy atom. The van der Waals surface area contributed by atoms with E-state index >= 15 is 0 Å². The lowest BCUT2D eigenvalue weighted by Gasteiger charge is -2.29. The number of rotatable bonds is 3. The van der Waals surface area contributed by atoms with Crippen molar-refractivity contribution in [2.45, 2.75) is 32.4 Å². The van der Waals surface area contributed by atoms with Gasteiger partial charge >= 0.3 is 0 Å². The number of hydrogen-bond acceptors (Lipinski definition) is 2. The minimum atomic E-state index is -0.460. The molecule has 0 bridgehead atoms. The molecule has 1 aromatic carbocycles. The van der Waals surface area contributed by atoms with Crippen molar-refractivity contribution in [2.24, 2.45) is 11.7 Å². The highest BCUT2D eigenvalue weighted by atomic mass is 35.5. The van der Waals surface area contributed by atoms with Crippen LogP contribution >= 0.6 is 11.6 Å². The number of halogens is 2. The van der Waals surface area contributed by atoms with Crippen LogP contribution in [0.1, 0.15) is 31.9 Å². The Bertz CT molecular complexity index is 492. The fourth-order valence-electron chi connectivity index (χ4n) is 2.55. The molecule has 104 valence electrons. The standard InChI is InChI=1S/C14H18ClFN2O/c1-8(2)7-18-13(19)6-12(17)14(18)9-3-4-11(16)10(15)5-9/h3-5,8,12,14H,6-7,17H2,1-2H3. The van der Waals surface area contributed by atoms with Crippen LogP contribution in [0, 0.1) is 11.7 Å². The summed E-state index contributed by atoms with van der Waals surface area (Å²) in [6, 6.07) is 4.05. The number of benzene rings is 1. The summed E-state index contributed by atoms with van der Waals surface area (Å²) < 4.78 is 13.2. The Kier molecular flexibility index (Phi) is 4.11. The van der Waals surface area contributed by atoms with Crippen LogP contribution in [0.4, 0.5) is 4.39 Å². The summed E-state index contributed by atoms with van der Waals surface area (Å²) in [5, 5.41) is 0.0635. The van der Waals surface area contributed by atoms with Gasteiger partial charge in [-0.25, -0.2) is 4.39 Å². The molecule has 1 aliphatic rings. The van der Waals surface area contributed by atoms with Crippen LogP contribution in [-0.2, 0) is 4.79 Å². The summed E-state index contributed by atoms with van der Waals surface area (Å²) in [5.74, 6) is -0.0574. The Labute approximate surface area is 117 Å². The van der Waals surface area contributed by atoms with E-state index < -0.39 is 5.82 Å². The monoisotopic (exact) mass is 284 g/mol. The van der Waals surface area contributed by atoms with E-state index in [-0.39, 0.29) is 23.0 Å². The average Bonchev–Trinajstić information content (AvgIpc) is 2.57. The molecule has 1 amide bonds. The molecule has 1 heterocycles. The number of carbonyl (C=O) groups is 1. The van der Waals surface area contributed by atoms with Gasteiger partial charge in [0.25, 0.3) is 0 Å². The van der Waals surface area contributed by atoms with Crippen molar-refractivity contribution in [1.29, 1.82) is 0 Å². The molecule has 1 aliphatic heterocycles. The molecule has 5 heteroatoms. The summed E-state index contributed by atoms with van der Waals surface area (Å²) in [6.07, 6.45) is 0.326. The van der Waals surface area contributed by atoms with Crippen molar-refractivity contribution < 1.29 is 9.18 Å². The minimum Gasteiger partial charge on any atom is -0.334 e. The average molecular weight is 285 g/mol. The quantitative estimate of drug-likeness (QED) is 0.928. The van der Waals surface area contributed by atoms with E-state index in [0.717, 1.165) is 5.56 Å². The fourth-order valence-corrected chi connectivity index (χ4v) is 2.74. The van der Waals surface area contributed by atoms with E-state index in [9.17, 15) is 9.18 Å². The molecule has 1 fully saturated rings. The van der Waals surface area contributed by atoms with Crippen LogP contribution in [0.15, 0.2) is 18.2 Å². The molecule has 3 nitrogen and oxygen atoms in total. The number of carbonyl (C=O) groups excluding carboxylic acids is 1. The topological polar surface area (TPSA) is 46.3 Å². The zero-order valence-electron chi connectivity index (χ0n) is 11.1. The van der Waals surface area contributed by atoms with Gasteiger partial charge in [0.05, 0.1) is 11.1 Å². The van der Waals surface area contributed by atoms with E-state index in [4.69, 9.17) is 17.3 Å². The first kappa shape index (κ1) is 14.3. The molecule has 0 radical (unpaired) electrons. The molecule has 2 rings (SSSR count). The molecule has 0 aliphatic carbocycles. The zero-order valence-corrected chi connectivity index (χ0v) is 11.8. The molecule has 1 aromatic rings. The summed E-state index contributed by atoms with van der Waals surface area (Å²) >= 11 is 5.81. The maximum atomic E-state index is 13.2. The van der Waals surface area contributed by atoms with Gasteiger partial charge in [-0.2, -0.15) is 0 Å². The largest absolute Gasteiger partial charge is 0.334 e. The highest BCUT2D eigenvalue weighted by Crippen LogP contribution is 2.34. The SMILES string of the molecule is CC(C)CN1C(=O)CC(N)C1c1ccc(F)c(Cl)c1. The van der Waals surface area contributed by atoms with Gasteiger partial charge in [0.1, 0.15) is 5.82 Å². The number of amides is 1. The van der Waals surface area contributed by atoms with E-state index in [1.54, 1.807) is 17.0 Å². The molecule has 0 spiro atoms. The highest BCUT2D eigenvalue weighted by Gasteiger charge is 2.38. The van der Waals surface area contributed by atoms with Crippen LogP contribution < -0.4 is 5.73 Å². The van der Waals surface area contributed by atoms with Crippen molar-refractivity contribution in [2.75, 3.05) is 6.54 Å². The van der Waals surface area contributed by atoms with Crippen molar-refractivity contribution in [3.05, 3.63) is 34.6 Å². The molecule has 0 saturated carbocycles. The maximum Gasteiger partial charge on any atom is 0.224 e. The van der Waals surface area contributed by atoms with Crippen LogP contribution in [0.2, 0.25) is 5.02 Å². The van der Waals surface area contributed by atoms with Gasteiger partial charge in [-0.1, -0.05) is 31.5 Å². The second-order valence-electron chi connectivity index (χ2n) is 5.43.